The lowest BCUT2D eigenvalue weighted by Gasteiger charge is -2.16. The van der Waals surface area contributed by atoms with Gasteiger partial charge in [-0.15, -0.1) is 0 Å². The van der Waals surface area contributed by atoms with Crippen molar-refractivity contribution in [1.29, 1.82) is 0 Å². The molecular formula is C16H15NO2. The van der Waals surface area contributed by atoms with Crippen molar-refractivity contribution < 1.29 is 9.53 Å². The summed E-state index contributed by atoms with van der Waals surface area (Å²) in [5, 5.41) is 0. The number of amides is 1. The van der Waals surface area contributed by atoms with Crippen LogP contribution in [0.3, 0.4) is 0 Å². The molecule has 0 heterocycles. The van der Waals surface area contributed by atoms with E-state index in [2.05, 4.69) is 0 Å². The van der Waals surface area contributed by atoms with Crippen LogP contribution >= 0.6 is 0 Å². The first-order chi connectivity index (χ1) is 9.36. The molecule has 3 heteroatoms. The number of nitrogens with zero attached hydrogens (tertiary/aromatic N) is 1. The van der Waals surface area contributed by atoms with E-state index in [1.54, 1.807) is 4.90 Å². The highest BCUT2D eigenvalue weighted by Crippen LogP contribution is 2.31. The molecule has 3 rings (SSSR count). The number of rotatable bonds is 5. The van der Waals surface area contributed by atoms with Crippen molar-refractivity contribution in [2.45, 2.75) is 18.9 Å². The molecule has 0 N–H and O–H groups in total. The minimum Gasteiger partial charge on any atom is -0.457 e. The smallest absolute Gasteiger partial charge is 0.214 e. The summed E-state index contributed by atoms with van der Waals surface area (Å²) in [6.45, 7) is 0. The van der Waals surface area contributed by atoms with Gasteiger partial charge in [0, 0.05) is 11.7 Å². The number of benzene rings is 2. The lowest BCUT2D eigenvalue weighted by molar-refractivity contribution is -0.107. The van der Waals surface area contributed by atoms with Gasteiger partial charge in [0.05, 0.1) is 0 Å². The number of ether oxygens (including phenoxy) is 1. The molecule has 0 spiro atoms. The number of hydrogen-bond donors (Lipinski definition) is 0. The van der Waals surface area contributed by atoms with E-state index in [1.807, 2.05) is 54.6 Å². The number of carbonyl (C=O) groups is 1. The van der Waals surface area contributed by atoms with Gasteiger partial charge < -0.3 is 9.64 Å². The summed E-state index contributed by atoms with van der Waals surface area (Å²) in [4.78, 5) is 12.8. The third-order valence-electron chi connectivity index (χ3n) is 3.17. The van der Waals surface area contributed by atoms with E-state index in [-0.39, 0.29) is 0 Å². The van der Waals surface area contributed by atoms with Gasteiger partial charge in [-0.3, -0.25) is 4.79 Å². The third kappa shape index (κ3) is 2.76. The molecule has 0 radical (unpaired) electrons. The highest BCUT2D eigenvalue weighted by Gasteiger charge is 2.28. The van der Waals surface area contributed by atoms with Crippen LogP contribution < -0.4 is 9.64 Å². The average molecular weight is 253 g/mol. The molecule has 1 amide bonds. The topological polar surface area (TPSA) is 29.5 Å². The molecule has 2 aromatic carbocycles. The van der Waals surface area contributed by atoms with Crippen LogP contribution in [-0.4, -0.2) is 12.5 Å². The van der Waals surface area contributed by atoms with Crippen LogP contribution in [-0.2, 0) is 4.79 Å². The van der Waals surface area contributed by atoms with Gasteiger partial charge in [-0.25, -0.2) is 0 Å². The summed E-state index contributed by atoms with van der Waals surface area (Å²) in [6, 6.07) is 17.7. The molecule has 1 aliphatic carbocycles. The minimum atomic E-state index is 0.387. The largest absolute Gasteiger partial charge is 0.457 e. The molecule has 1 saturated carbocycles. The fraction of sp³-hybridized carbons (Fsp3) is 0.188. The normalized spacial score (nSPS) is 13.9. The predicted molar refractivity (Wildman–Crippen MR) is 74.5 cm³/mol. The fourth-order valence-corrected chi connectivity index (χ4v) is 2.02. The van der Waals surface area contributed by atoms with Crippen LogP contribution in [0.1, 0.15) is 12.8 Å². The van der Waals surface area contributed by atoms with Crippen molar-refractivity contribution in [2.24, 2.45) is 0 Å². The van der Waals surface area contributed by atoms with Crippen LogP contribution in [0.5, 0.6) is 11.5 Å². The molecule has 0 bridgehead atoms. The van der Waals surface area contributed by atoms with Crippen molar-refractivity contribution in [2.75, 3.05) is 4.90 Å². The van der Waals surface area contributed by atoms with Gasteiger partial charge in [0.15, 0.2) is 0 Å². The van der Waals surface area contributed by atoms with E-state index >= 15 is 0 Å². The number of para-hydroxylation sites is 1. The van der Waals surface area contributed by atoms with Crippen LogP contribution in [0.15, 0.2) is 54.6 Å². The molecule has 0 atom stereocenters. The Balaban J connectivity index is 1.73. The Labute approximate surface area is 112 Å². The Bertz CT molecular complexity index is 547. The minimum absolute atomic E-state index is 0.387. The van der Waals surface area contributed by atoms with Crippen molar-refractivity contribution in [3.63, 3.8) is 0 Å². The van der Waals surface area contributed by atoms with Gasteiger partial charge in [0.25, 0.3) is 0 Å². The van der Waals surface area contributed by atoms with Crippen molar-refractivity contribution in [3.8, 4) is 11.5 Å². The second-order valence-corrected chi connectivity index (χ2v) is 4.65. The first-order valence-corrected chi connectivity index (χ1v) is 6.43. The Morgan fingerprint density at radius 2 is 1.58 bits per heavy atom. The Morgan fingerprint density at radius 1 is 0.947 bits per heavy atom. The summed E-state index contributed by atoms with van der Waals surface area (Å²) >= 11 is 0. The van der Waals surface area contributed by atoms with Gasteiger partial charge in [0.1, 0.15) is 11.5 Å². The Kier molecular flexibility index (Phi) is 3.19. The van der Waals surface area contributed by atoms with Gasteiger partial charge in [0.2, 0.25) is 6.41 Å². The number of hydrogen-bond acceptors (Lipinski definition) is 2. The second kappa shape index (κ2) is 5.14. The lowest BCUT2D eigenvalue weighted by atomic mass is 10.2. The fourth-order valence-electron chi connectivity index (χ4n) is 2.02. The SMILES string of the molecule is O=CN(c1ccc(Oc2ccccc2)cc1)C1CC1. The molecule has 96 valence electrons. The molecule has 1 fully saturated rings. The monoisotopic (exact) mass is 253 g/mol. The van der Waals surface area contributed by atoms with Crippen LogP contribution in [0.4, 0.5) is 5.69 Å². The highest BCUT2D eigenvalue weighted by molar-refractivity contribution is 5.77. The number of carbonyl (C=O) groups excluding carboxylic acids is 1. The summed E-state index contributed by atoms with van der Waals surface area (Å²) in [5.41, 5.74) is 0.929. The van der Waals surface area contributed by atoms with Crippen LogP contribution in [0.2, 0.25) is 0 Å². The van der Waals surface area contributed by atoms with Crippen molar-refractivity contribution in [3.05, 3.63) is 54.6 Å². The van der Waals surface area contributed by atoms with Gasteiger partial charge >= 0.3 is 0 Å². The van der Waals surface area contributed by atoms with Crippen LogP contribution in [0, 0.1) is 0 Å². The zero-order valence-electron chi connectivity index (χ0n) is 10.5. The lowest BCUT2D eigenvalue weighted by Crippen LogP contribution is -2.23. The molecular weight excluding hydrogens is 238 g/mol. The Morgan fingerprint density at radius 3 is 2.16 bits per heavy atom. The first-order valence-electron chi connectivity index (χ1n) is 6.43. The molecule has 1 aliphatic rings. The maximum Gasteiger partial charge on any atom is 0.214 e. The molecule has 0 aromatic heterocycles. The van der Waals surface area contributed by atoms with Crippen molar-refractivity contribution in [1.82, 2.24) is 0 Å². The van der Waals surface area contributed by atoms with Gasteiger partial charge in [-0.05, 0) is 49.2 Å². The maximum atomic E-state index is 11.1. The summed E-state index contributed by atoms with van der Waals surface area (Å²) < 4.78 is 5.72. The molecule has 3 nitrogen and oxygen atoms in total. The van der Waals surface area contributed by atoms with E-state index in [0.29, 0.717) is 6.04 Å². The standard InChI is InChI=1S/C16H15NO2/c18-12-17(13-6-7-13)14-8-10-16(11-9-14)19-15-4-2-1-3-5-15/h1-5,8-13H,6-7H2. The first kappa shape index (κ1) is 11.8. The third-order valence-corrected chi connectivity index (χ3v) is 3.17. The van der Waals surface area contributed by atoms with Gasteiger partial charge in [-0.1, -0.05) is 18.2 Å². The Hall–Kier alpha value is -2.29. The van der Waals surface area contributed by atoms with Crippen molar-refractivity contribution >= 4 is 12.1 Å². The van der Waals surface area contributed by atoms with E-state index in [9.17, 15) is 4.79 Å². The van der Waals surface area contributed by atoms with Gasteiger partial charge in [-0.2, -0.15) is 0 Å². The molecule has 19 heavy (non-hydrogen) atoms. The molecule has 2 aromatic rings. The highest BCUT2D eigenvalue weighted by atomic mass is 16.5. The summed E-state index contributed by atoms with van der Waals surface area (Å²) in [5.74, 6) is 1.58. The second-order valence-electron chi connectivity index (χ2n) is 4.65. The van der Waals surface area contributed by atoms with E-state index in [4.69, 9.17) is 4.74 Å². The molecule has 0 saturated heterocycles. The van der Waals surface area contributed by atoms with E-state index in [1.165, 1.54) is 0 Å². The molecule has 0 unspecified atom stereocenters. The maximum absolute atomic E-state index is 11.1. The van der Waals surface area contributed by atoms with E-state index < -0.39 is 0 Å². The van der Waals surface area contributed by atoms with Crippen LogP contribution in [0.25, 0.3) is 0 Å². The summed E-state index contributed by atoms with van der Waals surface area (Å²) in [7, 11) is 0. The predicted octanol–water partition coefficient (Wildman–Crippen LogP) is 3.60. The zero-order valence-corrected chi connectivity index (χ0v) is 10.5. The number of anilines is 1. The van der Waals surface area contributed by atoms with E-state index in [0.717, 1.165) is 36.4 Å². The summed E-state index contributed by atoms with van der Waals surface area (Å²) in [6.07, 6.45) is 3.10. The average Bonchev–Trinajstić information content (AvgIpc) is 3.27. The zero-order chi connectivity index (χ0) is 13.1. The quantitative estimate of drug-likeness (QED) is 0.762. The molecule has 0 aliphatic heterocycles.